The Hall–Kier alpha value is -2.86. The molecule has 2 aromatic carbocycles. The van der Waals surface area contributed by atoms with E-state index in [0.29, 0.717) is 36.1 Å². The largest absolute Gasteiger partial charge is 0.494 e. The van der Waals surface area contributed by atoms with Gasteiger partial charge >= 0.3 is 0 Å². The summed E-state index contributed by atoms with van der Waals surface area (Å²) in [7, 11) is 2.00. The smallest absolute Gasteiger partial charge is 0.257 e. The molecule has 0 spiro atoms. The van der Waals surface area contributed by atoms with Crippen LogP contribution in [0.4, 0.5) is 11.4 Å². The molecule has 0 heterocycles. The van der Waals surface area contributed by atoms with Gasteiger partial charge in [0.05, 0.1) is 24.4 Å². The van der Waals surface area contributed by atoms with Crippen LogP contribution in [0.5, 0.6) is 5.75 Å². The lowest BCUT2D eigenvalue weighted by Gasteiger charge is -2.30. The maximum atomic E-state index is 12.8. The standard InChI is InChI=1S/C24H31N3O3/c1-3-30-20-15-13-18(14-16-20)25-24(29)21-11-7-8-12-22(21)26-23(28)17-27(2)19-9-5-4-6-10-19/h7-8,11-16,19H,3-6,9-10,17H2,1-2H3,(H,25,29)(H,26,28). The highest BCUT2D eigenvalue weighted by atomic mass is 16.5. The van der Waals surface area contributed by atoms with Crippen LogP contribution in [0, 0.1) is 0 Å². The third kappa shape index (κ3) is 6.07. The third-order valence-corrected chi connectivity index (χ3v) is 5.46. The molecule has 6 heteroatoms. The van der Waals surface area contributed by atoms with E-state index >= 15 is 0 Å². The first-order valence-corrected chi connectivity index (χ1v) is 10.7. The highest BCUT2D eigenvalue weighted by molar-refractivity contribution is 6.10. The average molecular weight is 410 g/mol. The number of carbonyl (C=O) groups is 2. The Balaban J connectivity index is 1.61. The van der Waals surface area contributed by atoms with Crippen LogP contribution in [-0.2, 0) is 4.79 Å². The molecule has 160 valence electrons. The van der Waals surface area contributed by atoms with E-state index < -0.39 is 0 Å². The number of carbonyl (C=O) groups excluding carboxylic acids is 2. The van der Waals surface area contributed by atoms with Crippen LogP contribution in [0.25, 0.3) is 0 Å². The zero-order chi connectivity index (χ0) is 21.3. The van der Waals surface area contributed by atoms with Crippen molar-refractivity contribution in [3.8, 4) is 5.75 Å². The van der Waals surface area contributed by atoms with Crippen molar-refractivity contribution in [2.24, 2.45) is 0 Å². The maximum Gasteiger partial charge on any atom is 0.257 e. The number of hydrogen-bond acceptors (Lipinski definition) is 4. The predicted molar refractivity (Wildman–Crippen MR) is 120 cm³/mol. The molecule has 0 saturated heterocycles. The lowest BCUT2D eigenvalue weighted by molar-refractivity contribution is -0.117. The van der Waals surface area contributed by atoms with E-state index in [1.807, 2.05) is 32.2 Å². The van der Waals surface area contributed by atoms with Crippen molar-refractivity contribution in [1.29, 1.82) is 0 Å². The van der Waals surface area contributed by atoms with Crippen LogP contribution >= 0.6 is 0 Å². The number of hydrogen-bond donors (Lipinski definition) is 2. The summed E-state index contributed by atoms with van der Waals surface area (Å²) in [6.07, 6.45) is 6.03. The minimum absolute atomic E-state index is 0.107. The topological polar surface area (TPSA) is 70.7 Å². The van der Waals surface area contributed by atoms with Crippen molar-refractivity contribution in [3.05, 3.63) is 54.1 Å². The maximum absolute atomic E-state index is 12.8. The van der Waals surface area contributed by atoms with E-state index in [2.05, 4.69) is 15.5 Å². The molecular formula is C24H31N3O3. The van der Waals surface area contributed by atoms with Gasteiger partial charge in [0.1, 0.15) is 5.75 Å². The van der Waals surface area contributed by atoms with Gasteiger partial charge in [-0.3, -0.25) is 14.5 Å². The molecule has 0 bridgehead atoms. The Kier molecular flexibility index (Phi) is 7.85. The number of nitrogens with one attached hydrogen (secondary N) is 2. The molecule has 0 aliphatic heterocycles. The van der Waals surface area contributed by atoms with Gasteiger partial charge in [-0.25, -0.2) is 0 Å². The number of ether oxygens (including phenoxy) is 1. The fourth-order valence-electron chi connectivity index (χ4n) is 3.86. The molecule has 3 rings (SSSR count). The lowest BCUT2D eigenvalue weighted by atomic mass is 9.94. The molecule has 2 amide bonds. The molecule has 1 aliphatic rings. The highest BCUT2D eigenvalue weighted by Gasteiger charge is 2.20. The second-order valence-electron chi connectivity index (χ2n) is 7.71. The summed E-state index contributed by atoms with van der Waals surface area (Å²) in [6.45, 7) is 2.84. The van der Waals surface area contributed by atoms with E-state index in [4.69, 9.17) is 4.74 Å². The number of amides is 2. The zero-order valence-electron chi connectivity index (χ0n) is 17.8. The molecule has 2 aromatic rings. The van der Waals surface area contributed by atoms with Gasteiger partial charge in [-0.15, -0.1) is 0 Å². The summed E-state index contributed by atoms with van der Waals surface area (Å²) in [5.74, 6) is 0.380. The minimum Gasteiger partial charge on any atom is -0.494 e. The van der Waals surface area contributed by atoms with Crippen LogP contribution in [-0.4, -0.2) is 43.0 Å². The average Bonchev–Trinajstić information content (AvgIpc) is 2.76. The number of anilines is 2. The van der Waals surface area contributed by atoms with Crippen molar-refractivity contribution in [1.82, 2.24) is 4.90 Å². The monoisotopic (exact) mass is 409 g/mol. The molecule has 1 aliphatic carbocycles. The Morgan fingerprint density at radius 3 is 2.40 bits per heavy atom. The number of nitrogens with zero attached hydrogens (tertiary/aromatic N) is 1. The van der Waals surface area contributed by atoms with Crippen molar-refractivity contribution >= 4 is 23.2 Å². The summed E-state index contributed by atoms with van der Waals surface area (Å²) in [4.78, 5) is 27.5. The molecule has 0 atom stereocenters. The summed E-state index contributed by atoms with van der Waals surface area (Å²) in [5, 5.41) is 5.79. The van der Waals surface area contributed by atoms with Crippen LogP contribution in [0.1, 0.15) is 49.4 Å². The first kappa shape index (κ1) is 21.8. The van der Waals surface area contributed by atoms with E-state index in [0.717, 1.165) is 18.6 Å². The highest BCUT2D eigenvalue weighted by Crippen LogP contribution is 2.22. The lowest BCUT2D eigenvalue weighted by Crippen LogP contribution is -2.39. The molecule has 0 unspecified atom stereocenters. The Morgan fingerprint density at radius 1 is 1.00 bits per heavy atom. The molecule has 0 radical (unpaired) electrons. The first-order valence-electron chi connectivity index (χ1n) is 10.7. The van der Waals surface area contributed by atoms with Gasteiger partial charge in [-0.1, -0.05) is 31.4 Å². The van der Waals surface area contributed by atoms with Crippen molar-refractivity contribution < 1.29 is 14.3 Å². The van der Waals surface area contributed by atoms with Crippen LogP contribution in [0.2, 0.25) is 0 Å². The molecule has 2 N–H and O–H groups in total. The second-order valence-corrected chi connectivity index (χ2v) is 7.71. The Bertz CT molecular complexity index is 845. The van der Waals surface area contributed by atoms with Crippen LogP contribution < -0.4 is 15.4 Å². The third-order valence-electron chi connectivity index (χ3n) is 5.46. The van der Waals surface area contributed by atoms with Crippen LogP contribution in [0.3, 0.4) is 0 Å². The Morgan fingerprint density at radius 2 is 1.70 bits per heavy atom. The zero-order valence-corrected chi connectivity index (χ0v) is 17.8. The fourth-order valence-corrected chi connectivity index (χ4v) is 3.86. The molecular weight excluding hydrogens is 378 g/mol. The first-order chi connectivity index (χ1) is 14.6. The summed E-state index contributed by atoms with van der Waals surface area (Å²) >= 11 is 0. The summed E-state index contributed by atoms with van der Waals surface area (Å²) < 4.78 is 5.42. The van der Waals surface area contributed by atoms with Gasteiger partial charge in [0.15, 0.2) is 0 Å². The van der Waals surface area contributed by atoms with Crippen molar-refractivity contribution in [2.45, 2.75) is 45.1 Å². The number of benzene rings is 2. The van der Waals surface area contributed by atoms with Gasteiger partial charge in [0.25, 0.3) is 5.91 Å². The van der Waals surface area contributed by atoms with Gasteiger partial charge in [-0.05, 0) is 63.2 Å². The van der Waals surface area contributed by atoms with Crippen molar-refractivity contribution in [3.63, 3.8) is 0 Å². The Labute approximate surface area is 178 Å². The number of rotatable bonds is 8. The fraction of sp³-hybridized carbons (Fsp3) is 0.417. The molecule has 6 nitrogen and oxygen atoms in total. The molecule has 1 fully saturated rings. The molecule has 1 saturated carbocycles. The molecule has 30 heavy (non-hydrogen) atoms. The van der Waals surface area contributed by atoms with E-state index in [1.54, 1.807) is 30.3 Å². The summed E-state index contributed by atoms with van der Waals surface area (Å²) in [6, 6.07) is 14.7. The van der Waals surface area contributed by atoms with E-state index in [1.165, 1.54) is 19.3 Å². The quantitative estimate of drug-likeness (QED) is 0.671. The molecule has 0 aromatic heterocycles. The SMILES string of the molecule is CCOc1ccc(NC(=O)c2ccccc2NC(=O)CN(C)C2CCCCC2)cc1. The minimum atomic E-state index is -0.268. The normalized spacial score (nSPS) is 14.4. The number of para-hydroxylation sites is 1. The van der Waals surface area contributed by atoms with Gasteiger partial charge in [0.2, 0.25) is 5.91 Å². The van der Waals surface area contributed by atoms with E-state index in [9.17, 15) is 9.59 Å². The van der Waals surface area contributed by atoms with Gasteiger partial charge in [-0.2, -0.15) is 0 Å². The van der Waals surface area contributed by atoms with Crippen molar-refractivity contribution in [2.75, 3.05) is 30.8 Å². The van der Waals surface area contributed by atoms with E-state index in [-0.39, 0.29) is 11.8 Å². The summed E-state index contributed by atoms with van der Waals surface area (Å²) in [5.41, 5.74) is 1.62. The van der Waals surface area contributed by atoms with Gasteiger partial charge in [0, 0.05) is 11.7 Å². The number of likely N-dealkylation sites (N-methyl/N-ethyl adjacent to an activating group) is 1. The second kappa shape index (κ2) is 10.8. The van der Waals surface area contributed by atoms with Gasteiger partial charge < -0.3 is 15.4 Å². The van der Waals surface area contributed by atoms with Crippen LogP contribution in [0.15, 0.2) is 48.5 Å². The predicted octanol–water partition coefficient (Wildman–Crippen LogP) is 4.54.